The summed E-state index contributed by atoms with van der Waals surface area (Å²) in [5.41, 5.74) is 0.723. The van der Waals surface area contributed by atoms with Crippen molar-refractivity contribution in [1.29, 1.82) is 0 Å². The molecular weight excluding hydrogens is 220 g/mol. The smallest absolute Gasteiger partial charge is 0.193 e. The molecule has 1 heterocycles. The lowest BCUT2D eigenvalue weighted by Gasteiger charge is -1.95. The Morgan fingerprint density at radius 2 is 2.00 bits per heavy atom. The number of carbonyl (C=O) groups is 1. The predicted molar refractivity (Wildman–Crippen MR) is 48.2 cm³/mol. The SMILES string of the molecule is O=C(c1ccc(Br)cc1)C1CO1. The van der Waals surface area contributed by atoms with Crippen molar-refractivity contribution >= 4 is 21.7 Å². The maximum Gasteiger partial charge on any atom is 0.193 e. The predicted octanol–water partition coefficient (Wildman–Crippen LogP) is 2.03. The molecule has 62 valence electrons. The van der Waals surface area contributed by atoms with E-state index in [9.17, 15) is 4.79 Å². The maximum atomic E-state index is 11.4. The first-order chi connectivity index (χ1) is 5.77. The quantitative estimate of drug-likeness (QED) is 0.571. The van der Waals surface area contributed by atoms with Gasteiger partial charge in [0.25, 0.3) is 0 Å². The average molecular weight is 227 g/mol. The average Bonchev–Trinajstić information content (AvgIpc) is 2.87. The fourth-order valence-electron chi connectivity index (χ4n) is 1.000. The summed E-state index contributed by atoms with van der Waals surface area (Å²) in [4.78, 5) is 11.4. The van der Waals surface area contributed by atoms with Gasteiger partial charge in [-0.25, -0.2) is 0 Å². The van der Waals surface area contributed by atoms with Crippen LogP contribution in [0.3, 0.4) is 0 Å². The van der Waals surface area contributed by atoms with Crippen LogP contribution in [0.2, 0.25) is 0 Å². The number of Topliss-reactive ketones (excluding diaryl/α,β-unsaturated/α-hetero) is 1. The molecule has 2 nitrogen and oxygen atoms in total. The molecule has 0 radical (unpaired) electrons. The van der Waals surface area contributed by atoms with E-state index in [0.717, 1.165) is 10.0 Å². The van der Waals surface area contributed by atoms with Crippen LogP contribution in [0.4, 0.5) is 0 Å². The first kappa shape index (κ1) is 7.95. The molecule has 1 aromatic carbocycles. The third-order valence-electron chi connectivity index (χ3n) is 1.75. The van der Waals surface area contributed by atoms with E-state index in [1.165, 1.54) is 0 Å². The zero-order chi connectivity index (χ0) is 8.55. The van der Waals surface area contributed by atoms with Crippen LogP contribution in [0.15, 0.2) is 28.7 Å². The van der Waals surface area contributed by atoms with Crippen LogP contribution in [0, 0.1) is 0 Å². The van der Waals surface area contributed by atoms with Gasteiger partial charge in [0, 0.05) is 10.0 Å². The lowest BCUT2D eigenvalue weighted by atomic mass is 10.1. The number of hydrogen-bond acceptors (Lipinski definition) is 2. The molecule has 1 aliphatic heterocycles. The summed E-state index contributed by atoms with van der Waals surface area (Å²) in [6.07, 6.45) is -0.175. The fourth-order valence-corrected chi connectivity index (χ4v) is 1.26. The van der Waals surface area contributed by atoms with Crippen molar-refractivity contribution in [2.45, 2.75) is 6.10 Å². The highest BCUT2D eigenvalue weighted by atomic mass is 79.9. The van der Waals surface area contributed by atoms with Crippen LogP contribution in [0.5, 0.6) is 0 Å². The van der Waals surface area contributed by atoms with Gasteiger partial charge < -0.3 is 4.74 Å². The van der Waals surface area contributed by atoms with E-state index in [-0.39, 0.29) is 11.9 Å². The molecule has 1 aliphatic rings. The van der Waals surface area contributed by atoms with E-state index in [4.69, 9.17) is 4.74 Å². The molecule has 3 heteroatoms. The molecule has 0 aliphatic carbocycles. The Hall–Kier alpha value is -0.670. The highest BCUT2D eigenvalue weighted by molar-refractivity contribution is 9.10. The van der Waals surface area contributed by atoms with Crippen molar-refractivity contribution in [1.82, 2.24) is 0 Å². The van der Waals surface area contributed by atoms with Crippen LogP contribution in [0.1, 0.15) is 10.4 Å². The number of benzene rings is 1. The minimum atomic E-state index is -0.175. The zero-order valence-electron chi connectivity index (χ0n) is 6.29. The lowest BCUT2D eigenvalue weighted by molar-refractivity contribution is 0.0953. The first-order valence-electron chi connectivity index (χ1n) is 3.69. The summed E-state index contributed by atoms with van der Waals surface area (Å²) in [5, 5.41) is 0. The molecule has 1 atom stereocenters. The molecule has 0 spiro atoms. The second kappa shape index (κ2) is 2.99. The second-order valence-corrected chi connectivity index (χ2v) is 3.61. The summed E-state index contributed by atoms with van der Waals surface area (Å²) < 4.78 is 5.88. The van der Waals surface area contributed by atoms with E-state index in [2.05, 4.69) is 15.9 Å². The van der Waals surface area contributed by atoms with E-state index < -0.39 is 0 Å². The molecule has 1 unspecified atom stereocenters. The molecule has 2 rings (SSSR count). The van der Waals surface area contributed by atoms with E-state index in [0.29, 0.717) is 6.61 Å². The molecule has 0 bridgehead atoms. The zero-order valence-corrected chi connectivity index (χ0v) is 7.87. The van der Waals surface area contributed by atoms with Crippen molar-refractivity contribution < 1.29 is 9.53 Å². The van der Waals surface area contributed by atoms with Crippen molar-refractivity contribution in [3.63, 3.8) is 0 Å². The van der Waals surface area contributed by atoms with Crippen LogP contribution in [-0.4, -0.2) is 18.5 Å². The topological polar surface area (TPSA) is 29.6 Å². The third kappa shape index (κ3) is 1.57. The minimum absolute atomic E-state index is 0.0856. The molecule has 0 saturated carbocycles. The Labute approximate surface area is 78.7 Å². The third-order valence-corrected chi connectivity index (χ3v) is 2.28. The van der Waals surface area contributed by atoms with Gasteiger partial charge in [-0.05, 0) is 12.1 Å². The summed E-state index contributed by atoms with van der Waals surface area (Å²) in [5.74, 6) is 0.0856. The van der Waals surface area contributed by atoms with Gasteiger partial charge in [0.05, 0.1) is 6.61 Å². The molecule has 0 amide bonds. The lowest BCUT2D eigenvalue weighted by Crippen LogP contribution is -2.06. The van der Waals surface area contributed by atoms with Crippen molar-refractivity contribution in [3.05, 3.63) is 34.3 Å². The van der Waals surface area contributed by atoms with Gasteiger partial charge in [-0.2, -0.15) is 0 Å². The highest BCUT2D eigenvalue weighted by Gasteiger charge is 2.31. The van der Waals surface area contributed by atoms with Crippen LogP contribution >= 0.6 is 15.9 Å². The Bertz CT molecular complexity index is 301. The van der Waals surface area contributed by atoms with Crippen LogP contribution in [0.25, 0.3) is 0 Å². The minimum Gasteiger partial charge on any atom is -0.364 e. The Kier molecular flexibility index (Phi) is 1.98. The second-order valence-electron chi connectivity index (χ2n) is 2.69. The number of carbonyl (C=O) groups excluding carboxylic acids is 1. The summed E-state index contributed by atoms with van der Waals surface area (Å²) in [7, 11) is 0. The molecule has 1 aromatic rings. The van der Waals surface area contributed by atoms with Gasteiger partial charge in [0.2, 0.25) is 0 Å². The molecular formula is C9H7BrO2. The summed E-state index contributed by atoms with van der Waals surface area (Å²) in [6.45, 7) is 0.578. The number of ketones is 1. The Balaban J connectivity index is 2.22. The van der Waals surface area contributed by atoms with Crippen molar-refractivity contribution in [3.8, 4) is 0 Å². The van der Waals surface area contributed by atoms with Gasteiger partial charge in [0.1, 0.15) is 6.10 Å². The van der Waals surface area contributed by atoms with Gasteiger partial charge in [0.15, 0.2) is 5.78 Å². The van der Waals surface area contributed by atoms with E-state index >= 15 is 0 Å². The number of hydrogen-bond donors (Lipinski definition) is 0. The van der Waals surface area contributed by atoms with Gasteiger partial charge >= 0.3 is 0 Å². The van der Waals surface area contributed by atoms with Crippen LogP contribution in [-0.2, 0) is 4.74 Å². The summed E-state index contributed by atoms with van der Waals surface area (Å²) >= 11 is 3.30. The number of rotatable bonds is 2. The van der Waals surface area contributed by atoms with Gasteiger partial charge in [-0.3, -0.25) is 4.79 Å². The normalized spacial score (nSPS) is 20.6. The maximum absolute atomic E-state index is 11.4. The fraction of sp³-hybridized carbons (Fsp3) is 0.222. The first-order valence-corrected chi connectivity index (χ1v) is 4.48. The largest absolute Gasteiger partial charge is 0.364 e. The Morgan fingerprint density at radius 1 is 1.42 bits per heavy atom. The van der Waals surface area contributed by atoms with E-state index in [1.54, 1.807) is 12.1 Å². The highest BCUT2D eigenvalue weighted by Crippen LogP contribution is 2.18. The van der Waals surface area contributed by atoms with Crippen molar-refractivity contribution in [2.75, 3.05) is 6.61 Å². The standard InChI is InChI=1S/C9H7BrO2/c10-7-3-1-6(2-4-7)9(11)8-5-12-8/h1-4,8H,5H2. The van der Waals surface area contributed by atoms with Gasteiger partial charge in [-0.1, -0.05) is 28.1 Å². The number of ether oxygens (including phenoxy) is 1. The van der Waals surface area contributed by atoms with Crippen molar-refractivity contribution in [2.24, 2.45) is 0 Å². The molecule has 1 saturated heterocycles. The molecule has 0 aromatic heterocycles. The number of halogens is 1. The molecule has 1 fully saturated rings. The van der Waals surface area contributed by atoms with Crippen LogP contribution < -0.4 is 0 Å². The Morgan fingerprint density at radius 3 is 2.50 bits per heavy atom. The van der Waals surface area contributed by atoms with Gasteiger partial charge in [-0.15, -0.1) is 0 Å². The molecule has 12 heavy (non-hydrogen) atoms. The monoisotopic (exact) mass is 226 g/mol. The summed E-state index contributed by atoms with van der Waals surface area (Å²) in [6, 6.07) is 7.31. The number of epoxide rings is 1. The molecule has 0 N–H and O–H groups in total. The van der Waals surface area contributed by atoms with E-state index in [1.807, 2.05) is 12.1 Å².